The molecule has 0 saturated heterocycles. The van der Waals surface area contributed by atoms with E-state index in [4.69, 9.17) is 5.11 Å². The van der Waals surface area contributed by atoms with Crippen molar-refractivity contribution in [3.63, 3.8) is 0 Å². The minimum Gasteiger partial charge on any atom is -0.392 e. The number of hydrogen-bond acceptors (Lipinski definition) is 3. The van der Waals surface area contributed by atoms with E-state index in [1.165, 1.54) is 6.08 Å². The van der Waals surface area contributed by atoms with Crippen molar-refractivity contribution < 1.29 is 24.1 Å². The van der Waals surface area contributed by atoms with Crippen LogP contribution in [0, 0.1) is 5.41 Å². The Morgan fingerprint density at radius 1 is 1.39 bits per heavy atom. The van der Waals surface area contributed by atoms with Gasteiger partial charge in [0, 0.05) is 17.9 Å². The van der Waals surface area contributed by atoms with Crippen molar-refractivity contribution in [2.45, 2.75) is 65.1 Å². The van der Waals surface area contributed by atoms with E-state index in [9.17, 15) is 19.0 Å². The van der Waals surface area contributed by atoms with Crippen molar-refractivity contribution in [3.05, 3.63) is 34.9 Å². The van der Waals surface area contributed by atoms with Crippen LogP contribution in [0.3, 0.4) is 0 Å². The molecule has 0 radical (unpaired) electrons. The van der Waals surface area contributed by atoms with Crippen molar-refractivity contribution in [2.24, 2.45) is 5.41 Å². The van der Waals surface area contributed by atoms with Gasteiger partial charge in [0.05, 0.1) is 12.7 Å². The number of rotatable bonds is 5. The highest BCUT2D eigenvalue weighted by atomic mass is 19.3. The van der Waals surface area contributed by atoms with E-state index in [2.05, 4.69) is 0 Å². The molecule has 0 bridgehead atoms. The second-order valence-corrected chi connectivity index (χ2v) is 6.97. The topological polar surface area (TPSA) is 60.7 Å². The Labute approximate surface area is 137 Å². The Morgan fingerprint density at radius 3 is 2.39 bits per heavy atom. The van der Waals surface area contributed by atoms with Gasteiger partial charge in [0.15, 0.2) is 0 Å². The first-order valence-corrected chi connectivity index (χ1v) is 7.89. The van der Waals surface area contributed by atoms with Gasteiger partial charge in [0.25, 0.3) is 5.92 Å². The molecule has 0 aromatic carbocycles. The van der Waals surface area contributed by atoms with Gasteiger partial charge in [-0.1, -0.05) is 38.5 Å². The number of halogens is 2. The van der Waals surface area contributed by atoms with Gasteiger partial charge >= 0.3 is 0 Å². The molecular formula is C18H28F2O3. The van der Waals surface area contributed by atoms with E-state index in [1.807, 2.05) is 0 Å². The van der Waals surface area contributed by atoms with Crippen LogP contribution in [-0.2, 0) is 0 Å². The largest absolute Gasteiger partial charge is 0.392 e. The van der Waals surface area contributed by atoms with Crippen molar-refractivity contribution >= 4 is 0 Å². The van der Waals surface area contributed by atoms with Crippen LogP contribution in [0.5, 0.6) is 0 Å². The molecule has 0 heterocycles. The standard InChI is InChI=1S/C18H28F2O3/c1-6-13-15(17(5,19)20)14(22)11-16(3,4)18(13,23)9-7-12(2)8-10-21/h7-9,14,21-23H,6,10-11H2,1-5H3/b9-7+,12-8-. The number of aliphatic hydroxyl groups excluding tert-OH is 2. The van der Waals surface area contributed by atoms with Gasteiger partial charge in [-0.25, -0.2) is 8.78 Å². The van der Waals surface area contributed by atoms with E-state index in [1.54, 1.807) is 39.8 Å². The molecule has 2 atom stereocenters. The van der Waals surface area contributed by atoms with Gasteiger partial charge in [-0.15, -0.1) is 0 Å². The lowest BCUT2D eigenvalue weighted by atomic mass is 9.60. The average Bonchev–Trinajstić information content (AvgIpc) is 2.38. The van der Waals surface area contributed by atoms with Crippen LogP contribution in [0.15, 0.2) is 34.9 Å². The van der Waals surface area contributed by atoms with Crippen LogP contribution in [0.1, 0.15) is 47.5 Å². The Morgan fingerprint density at radius 2 is 1.96 bits per heavy atom. The van der Waals surface area contributed by atoms with E-state index < -0.39 is 23.0 Å². The molecule has 0 amide bonds. The van der Waals surface area contributed by atoms with Crippen LogP contribution >= 0.6 is 0 Å². The fraction of sp³-hybridized carbons (Fsp3) is 0.667. The fourth-order valence-corrected chi connectivity index (χ4v) is 3.36. The summed E-state index contributed by atoms with van der Waals surface area (Å²) >= 11 is 0. The van der Waals surface area contributed by atoms with Crippen molar-refractivity contribution in [2.75, 3.05) is 6.61 Å². The number of allylic oxidation sites excluding steroid dienone is 2. The molecule has 132 valence electrons. The maximum atomic E-state index is 14.0. The number of alkyl halides is 2. The first-order chi connectivity index (χ1) is 10.4. The predicted octanol–water partition coefficient (Wildman–Crippen LogP) is 3.36. The molecule has 2 unspecified atom stereocenters. The zero-order chi connectivity index (χ0) is 18.1. The summed E-state index contributed by atoms with van der Waals surface area (Å²) in [4.78, 5) is 0. The first kappa shape index (κ1) is 20.0. The molecule has 0 saturated carbocycles. The van der Waals surface area contributed by atoms with E-state index in [-0.39, 0.29) is 30.6 Å². The third-order valence-electron chi connectivity index (χ3n) is 4.68. The summed E-state index contributed by atoms with van der Waals surface area (Å²) in [5.74, 6) is -3.20. The Bertz CT molecular complexity index is 527. The molecule has 0 aliphatic heterocycles. The minimum absolute atomic E-state index is 0.0405. The quantitative estimate of drug-likeness (QED) is 0.535. The summed E-state index contributed by atoms with van der Waals surface area (Å²) in [6.07, 6.45) is 3.67. The molecule has 5 heteroatoms. The Balaban J connectivity index is 3.56. The van der Waals surface area contributed by atoms with Crippen LogP contribution < -0.4 is 0 Å². The second-order valence-electron chi connectivity index (χ2n) is 6.97. The molecule has 0 fully saturated rings. The maximum absolute atomic E-state index is 14.0. The van der Waals surface area contributed by atoms with Gasteiger partial charge in [0.2, 0.25) is 0 Å². The van der Waals surface area contributed by atoms with Crippen molar-refractivity contribution in [1.29, 1.82) is 0 Å². The Kier molecular flexibility index (Phi) is 5.94. The third-order valence-corrected chi connectivity index (χ3v) is 4.68. The normalized spacial score (nSPS) is 29.5. The predicted molar refractivity (Wildman–Crippen MR) is 87.3 cm³/mol. The fourth-order valence-electron chi connectivity index (χ4n) is 3.36. The number of aliphatic hydroxyl groups is 3. The van der Waals surface area contributed by atoms with Gasteiger partial charge in [-0.05, 0) is 31.4 Å². The summed E-state index contributed by atoms with van der Waals surface area (Å²) in [7, 11) is 0. The highest BCUT2D eigenvalue weighted by Crippen LogP contribution is 2.51. The van der Waals surface area contributed by atoms with Gasteiger partial charge < -0.3 is 15.3 Å². The van der Waals surface area contributed by atoms with Crippen LogP contribution in [0.2, 0.25) is 0 Å². The number of hydrogen-bond donors (Lipinski definition) is 3. The van der Waals surface area contributed by atoms with Gasteiger partial charge in [0.1, 0.15) is 5.60 Å². The van der Waals surface area contributed by atoms with Crippen molar-refractivity contribution in [3.8, 4) is 0 Å². The molecule has 0 aromatic heterocycles. The molecule has 1 aliphatic rings. The average molecular weight is 330 g/mol. The van der Waals surface area contributed by atoms with Gasteiger partial charge in [-0.3, -0.25) is 0 Å². The first-order valence-electron chi connectivity index (χ1n) is 7.89. The molecular weight excluding hydrogens is 302 g/mol. The lowest BCUT2D eigenvalue weighted by Gasteiger charge is -2.49. The molecule has 0 spiro atoms. The lowest BCUT2D eigenvalue weighted by Crippen LogP contribution is -2.53. The third kappa shape index (κ3) is 3.90. The smallest absolute Gasteiger partial charge is 0.269 e. The highest BCUT2D eigenvalue weighted by Gasteiger charge is 2.53. The Hall–Kier alpha value is -1.04. The minimum atomic E-state index is -3.20. The zero-order valence-corrected chi connectivity index (χ0v) is 14.5. The monoisotopic (exact) mass is 330 g/mol. The molecule has 23 heavy (non-hydrogen) atoms. The summed E-state index contributed by atoms with van der Waals surface area (Å²) in [5, 5.41) is 30.4. The van der Waals surface area contributed by atoms with E-state index >= 15 is 0 Å². The summed E-state index contributed by atoms with van der Waals surface area (Å²) in [5.41, 5.74) is -1.87. The molecule has 1 rings (SSSR count). The van der Waals surface area contributed by atoms with E-state index in [0.29, 0.717) is 0 Å². The molecule has 0 aromatic rings. The SMILES string of the molecule is CCC1=C(C(C)(F)F)C(O)CC(C)(C)C1(O)/C=C/C(C)=C\CO. The van der Waals surface area contributed by atoms with Crippen LogP contribution in [0.25, 0.3) is 0 Å². The van der Waals surface area contributed by atoms with Crippen LogP contribution in [0.4, 0.5) is 8.78 Å². The maximum Gasteiger partial charge on any atom is 0.269 e. The van der Waals surface area contributed by atoms with Gasteiger partial charge in [-0.2, -0.15) is 0 Å². The van der Waals surface area contributed by atoms with E-state index in [0.717, 1.165) is 12.5 Å². The summed E-state index contributed by atoms with van der Waals surface area (Å²) < 4.78 is 28.0. The summed E-state index contributed by atoms with van der Waals surface area (Å²) in [6.45, 7) is 7.58. The second kappa shape index (κ2) is 6.83. The summed E-state index contributed by atoms with van der Waals surface area (Å²) in [6, 6.07) is 0. The zero-order valence-electron chi connectivity index (χ0n) is 14.5. The molecule has 3 nitrogen and oxygen atoms in total. The van der Waals surface area contributed by atoms with Crippen LogP contribution in [-0.4, -0.2) is 39.6 Å². The molecule has 1 aliphatic carbocycles. The van der Waals surface area contributed by atoms with Crippen molar-refractivity contribution in [1.82, 2.24) is 0 Å². The lowest BCUT2D eigenvalue weighted by molar-refractivity contribution is -0.0586. The highest BCUT2D eigenvalue weighted by molar-refractivity contribution is 5.42. The molecule has 3 N–H and O–H groups in total.